The maximum atomic E-state index is 12.7. The predicted octanol–water partition coefficient (Wildman–Crippen LogP) is 3.39. The van der Waals surface area contributed by atoms with E-state index in [1.807, 2.05) is 47.4 Å². The minimum Gasteiger partial charge on any atom is -0.493 e. The zero-order valence-electron chi connectivity index (χ0n) is 14.4. The van der Waals surface area contributed by atoms with Gasteiger partial charge in [-0.2, -0.15) is 0 Å². The third-order valence-corrected chi connectivity index (χ3v) is 4.70. The summed E-state index contributed by atoms with van der Waals surface area (Å²) in [5.74, 6) is 1.61. The van der Waals surface area contributed by atoms with Crippen molar-refractivity contribution in [2.45, 2.75) is 25.8 Å². The Morgan fingerprint density at radius 2 is 1.79 bits per heavy atom. The van der Waals surface area contributed by atoms with Crippen molar-refractivity contribution in [1.82, 2.24) is 4.90 Å². The van der Waals surface area contributed by atoms with Crippen LogP contribution >= 0.6 is 0 Å². The Labute approximate surface area is 143 Å². The molecule has 24 heavy (non-hydrogen) atoms. The Morgan fingerprint density at radius 1 is 1.12 bits per heavy atom. The second kappa shape index (κ2) is 6.95. The highest BCUT2D eigenvalue weighted by atomic mass is 16.5. The summed E-state index contributed by atoms with van der Waals surface area (Å²) in [6.07, 6.45) is 1.27. The number of amides is 1. The number of rotatable bonds is 4. The van der Waals surface area contributed by atoms with Gasteiger partial charge in [-0.1, -0.05) is 30.3 Å². The second-order valence-corrected chi connectivity index (χ2v) is 6.08. The Bertz CT molecular complexity index is 727. The largest absolute Gasteiger partial charge is 0.493 e. The number of hydrogen-bond acceptors (Lipinski definition) is 3. The molecule has 0 N–H and O–H groups in total. The van der Waals surface area contributed by atoms with E-state index in [-0.39, 0.29) is 11.9 Å². The molecule has 0 bridgehead atoms. The molecule has 1 aliphatic heterocycles. The molecule has 2 aromatic rings. The van der Waals surface area contributed by atoms with E-state index in [2.05, 4.69) is 6.92 Å². The molecule has 0 aromatic heterocycles. The number of carbonyl (C=O) groups excluding carboxylic acids is 1. The van der Waals surface area contributed by atoms with Crippen molar-refractivity contribution in [3.63, 3.8) is 0 Å². The normalized spacial score (nSPS) is 16.5. The van der Waals surface area contributed by atoms with Gasteiger partial charge in [0, 0.05) is 6.54 Å². The first kappa shape index (κ1) is 16.4. The van der Waals surface area contributed by atoms with Gasteiger partial charge in [0.05, 0.1) is 26.7 Å². The van der Waals surface area contributed by atoms with Crippen LogP contribution in [0.25, 0.3) is 0 Å². The van der Waals surface area contributed by atoms with E-state index in [9.17, 15) is 4.79 Å². The number of methoxy groups -OCH3 is 2. The van der Waals surface area contributed by atoms with Crippen LogP contribution in [0, 0.1) is 0 Å². The fourth-order valence-electron chi connectivity index (χ4n) is 3.36. The van der Waals surface area contributed by atoms with Crippen LogP contribution in [0.2, 0.25) is 0 Å². The van der Waals surface area contributed by atoms with Crippen LogP contribution in [-0.4, -0.2) is 31.6 Å². The van der Waals surface area contributed by atoms with E-state index in [0.29, 0.717) is 12.2 Å². The lowest BCUT2D eigenvalue weighted by molar-refractivity contribution is -0.133. The molecule has 126 valence electrons. The van der Waals surface area contributed by atoms with Crippen LogP contribution in [0.1, 0.15) is 29.7 Å². The van der Waals surface area contributed by atoms with E-state index in [1.54, 1.807) is 14.2 Å². The summed E-state index contributed by atoms with van der Waals surface area (Å²) in [7, 11) is 3.28. The van der Waals surface area contributed by atoms with E-state index < -0.39 is 0 Å². The molecule has 1 atom stereocenters. The van der Waals surface area contributed by atoms with E-state index in [0.717, 1.165) is 29.8 Å². The van der Waals surface area contributed by atoms with Crippen molar-refractivity contribution in [2.24, 2.45) is 0 Å². The highest BCUT2D eigenvalue weighted by molar-refractivity contribution is 5.79. The van der Waals surface area contributed by atoms with Gasteiger partial charge in [-0.05, 0) is 42.2 Å². The zero-order chi connectivity index (χ0) is 17.1. The number of nitrogens with zero attached hydrogens (tertiary/aromatic N) is 1. The van der Waals surface area contributed by atoms with Gasteiger partial charge in [0.25, 0.3) is 0 Å². The number of benzene rings is 2. The summed E-state index contributed by atoms with van der Waals surface area (Å²) >= 11 is 0. The van der Waals surface area contributed by atoms with Crippen LogP contribution in [0.3, 0.4) is 0 Å². The average Bonchev–Trinajstić information content (AvgIpc) is 2.61. The Hall–Kier alpha value is -2.49. The maximum Gasteiger partial charge on any atom is 0.227 e. The molecule has 4 heteroatoms. The highest BCUT2D eigenvalue weighted by Crippen LogP contribution is 2.38. The van der Waals surface area contributed by atoms with Crippen LogP contribution in [0.4, 0.5) is 0 Å². The third-order valence-electron chi connectivity index (χ3n) is 4.70. The molecule has 0 fully saturated rings. The molecule has 0 radical (unpaired) electrons. The number of fused-ring (bicyclic) bond motifs is 1. The summed E-state index contributed by atoms with van der Waals surface area (Å²) < 4.78 is 10.8. The van der Waals surface area contributed by atoms with Gasteiger partial charge < -0.3 is 14.4 Å². The first-order chi connectivity index (χ1) is 11.6. The van der Waals surface area contributed by atoms with Gasteiger partial charge in [-0.25, -0.2) is 0 Å². The van der Waals surface area contributed by atoms with Crippen LogP contribution in [-0.2, 0) is 17.6 Å². The first-order valence-electron chi connectivity index (χ1n) is 8.22. The van der Waals surface area contributed by atoms with Crippen molar-refractivity contribution >= 4 is 5.91 Å². The molecular weight excluding hydrogens is 302 g/mol. The van der Waals surface area contributed by atoms with E-state index in [1.165, 1.54) is 5.56 Å². The van der Waals surface area contributed by atoms with Crippen LogP contribution in [0.5, 0.6) is 11.5 Å². The Morgan fingerprint density at radius 3 is 2.46 bits per heavy atom. The Kier molecular flexibility index (Phi) is 4.74. The fraction of sp³-hybridized carbons (Fsp3) is 0.350. The van der Waals surface area contributed by atoms with Crippen molar-refractivity contribution < 1.29 is 14.3 Å². The van der Waals surface area contributed by atoms with Crippen molar-refractivity contribution in [3.05, 3.63) is 59.2 Å². The molecule has 0 spiro atoms. The molecule has 1 heterocycles. The highest BCUT2D eigenvalue weighted by Gasteiger charge is 2.29. The average molecular weight is 325 g/mol. The van der Waals surface area contributed by atoms with Gasteiger partial charge in [-0.3, -0.25) is 4.79 Å². The lowest BCUT2D eigenvalue weighted by Gasteiger charge is -2.36. The van der Waals surface area contributed by atoms with Gasteiger partial charge in [0.2, 0.25) is 5.91 Å². The second-order valence-electron chi connectivity index (χ2n) is 6.08. The summed E-state index contributed by atoms with van der Waals surface area (Å²) in [6, 6.07) is 14.0. The minimum atomic E-state index is 0.0322. The molecular formula is C20H23NO3. The van der Waals surface area contributed by atoms with Gasteiger partial charge in [-0.15, -0.1) is 0 Å². The number of carbonyl (C=O) groups is 1. The van der Waals surface area contributed by atoms with Crippen molar-refractivity contribution in [1.29, 1.82) is 0 Å². The van der Waals surface area contributed by atoms with Crippen molar-refractivity contribution in [3.8, 4) is 11.5 Å². The van der Waals surface area contributed by atoms with Crippen molar-refractivity contribution in [2.75, 3.05) is 20.8 Å². The zero-order valence-corrected chi connectivity index (χ0v) is 14.4. The molecule has 1 aliphatic rings. The molecule has 3 rings (SSSR count). The first-order valence-corrected chi connectivity index (χ1v) is 8.22. The van der Waals surface area contributed by atoms with Gasteiger partial charge >= 0.3 is 0 Å². The molecule has 0 aliphatic carbocycles. The molecule has 0 unspecified atom stereocenters. The topological polar surface area (TPSA) is 38.8 Å². The minimum absolute atomic E-state index is 0.0322. The smallest absolute Gasteiger partial charge is 0.227 e. The quantitative estimate of drug-likeness (QED) is 0.865. The molecule has 1 amide bonds. The number of hydrogen-bond donors (Lipinski definition) is 0. The Balaban J connectivity index is 1.83. The summed E-state index contributed by atoms with van der Waals surface area (Å²) in [6.45, 7) is 2.81. The van der Waals surface area contributed by atoms with E-state index >= 15 is 0 Å². The summed E-state index contributed by atoms with van der Waals surface area (Å²) in [5, 5.41) is 0. The standard InChI is InChI=1S/C20H23NO3/c1-14-17-13-19(24-3)18(23-2)12-16(17)9-10-21(14)20(22)11-15-7-5-4-6-8-15/h4-8,12-14H,9-11H2,1-3H3/t14-/m0/s1. The molecule has 4 nitrogen and oxygen atoms in total. The maximum absolute atomic E-state index is 12.7. The van der Waals surface area contributed by atoms with Crippen LogP contribution in [0.15, 0.2) is 42.5 Å². The fourth-order valence-corrected chi connectivity index (χ4v) is 3.36. The monoisotopic (exact) mass is 325 g/mol. The van der Waals surface area contributed by atoms with Gasteiger partial charge in [0.1, 0.15) is 0 Å². The lowest BCUT2D eigenvalue weighted by atomic mass is 9.92. The van der Waals surface area contributed by atoms with E-state index in [4.69, 9.17) is 9.47 Å². The summed E-state index contributed by atoms with van der Waals surface area (Å²) in [5.41, 5.74) is 3.41. The molecule has 0 saturated heterocycles. The predicted molar refractivity (Wildman–Crippen MR) is 93.5 cm³/mol. The molecule has 2 aromatic carbocycles. The number of ether oxygens (including phenoxy) is 2. The lowest BCUT2D eigenvalue weighted by Crippen LogP contribution is -2.39. The summed E-state index contributed by atoms with van der Waals surface area (Å²) in [4.78, 5) is 14.7. The van der Waals surface area contributed by atoms with Crippen LogP contribution < -0.4 is 9.47 Å². The SMILES string of the molecule is COc1cc2c(cc1OC)[C@H](C)N(C(=O)Cc1ccccc1)CC2. The third kappa shape index (κ3) is 3.09. The van der Waals surface area contributed by atoms with Gasteiger partial charge in [0.15, 0.2) is 11.5 Å². The molecule has 0 saturated carbocycles.